The van der Waals surface area contributed by atoms with Crippen LogP contribution in [-0.4, -0.2) is 39.9 Å². The fourth-order valence-electron chi connectivity index (χ4n) is 4.01. The van der Waals surface area contributed by atoms with E-state index in [4.69, 9.17) is 4.52 Å². The quantitative estimate of drug-likeness (QED) is 0.649. The summed E-state index contributed by atoms with van der Waals surface area (Å²) in [5.41, 5.74) is 1.72. The third-order valence-corrected chi connectivity index (χ3v) is 5.91. The summed E-state index contributed by atoms with van der Waals surface area (Å²) in [6.45, 7) is 1.10. The standard InChI is InChI=1S/C24H23FN4O3/c25-19-7-1-4-16(12-19)21-27-23(32-28-21)18-6-3-11-29(14-18)24(31)17-5-2-8-20(13-17)26-22(30)15-9-10-15/h1-2,4-5,7-8,12-13,15,18H,3,6,9-11,14H2,(H,26,30). The zero-order chi connectivity index (χ0) is 22.1. The lowest BCUT2D eigenvalue weighted by Crippen LogP contribution is -2.39. The Labute approximate surface area is 184 Å². The Morgan fingerprint density at radius 1 is 1.09 bits per heavy atom. The van der Waals surface area contributed by atoms with E-state index >= 15 is 0 Å². The average Bonchev–Trinajstić information content (AvgIpc) is 3.55. The number of halogens is 1. The first-order valence-electron chi connectivity index (χ1n) is 10.9. The highest BCUT2D eigenvalue weighted by atomic mass is 19.1. The minimum Gasteiger partial charge on any atom is -0.339 e. The zero-order valence-corrected chi connectivity index (χ0v) is 17.5. The molecule has 2 amide bonds. The molecule has 1 saturated heterocycles. The van der Waals surface area contributed by atoms with Crippen LogP contribution in [0.1, 0.15) is 47.8 Å². The summed E-state index contributed by atoms with van der Waals surface area (Å²) in [4.78, 5) is 31.4. The van der Waals surface area contributed by atoms with E-state index in [0.717, 1.165) is 25.7 Å². The van der Waals surface area contributed by atoms with Gasteiger partial charge in [0.05, 0.1) is 5.92 Å². The number of benzene rings is 2. The second-order valence-electron chi connectivity index (χ2n) is 8.40. The van der Waals surface area contributed by atoms with Crippen molar-refractivity contribution in [2.45, 2.75) is 31.6 Å². The second kappa shape index (κ2) is 8.53. The molecule has 2 fully saturated rings. The number of likely N-dealkylation sites (tertiary alicyclic amines) is 1. The molecule has 2 heterocycles. The van der Waals surface area contributed by atoms with Crippen LogP contribution < -0.4 is 5.32 Å². The predicted octanol–water partition coefficient (Wildman–Crippen LogP) is 4.24. The van der Waals surface area contributed by atoms with Crippen molar-refractivity contribution in [1.29, 1.82) is 0 Å². The number of amides is 2. The van der Waals surface area contributed by atoms with Gasteiger partial charge in [-0.15, -0.1) is 0 Å². The van der Waals surface area contributed by atoms with Crippen molar-refractivity contribution in [3.05, 3.63) is 65.8 Å². The van der Waals surface area contributed by atoms with Crippen molar-refractivity contribution in [1.82, 2.24) is 15.0 Å². The lowest BCUT2D eigenvalue weighted by molar-refractivity contribution is -0.117. The number of nitrogens with zero attached hydrogens (tertiary/aromatic N) is 3. The van der Waals surface area contributed by atoms with Gasteiger partial charge in [-0.2, -0.15) is 4.98 Å². The Balaban J connectivity index is 1.28. The van der Waals surface area contributed by atoms with Crippen molar-refractivity contribution in [2.24, 2.45) is 5.92 Å². The van der Waals surface area contributed by atoms with E-state index < -0.39 is 0 Å². The van der Waals surface area contributed by atoms with Gasteiger partial charge in [0, 0.05) is 35.8 Å². The number of nitrogens with one attached hydrogen (secondary N) is 1. The maximum absolute atomic E-state index is 13.5. The van der Waals surface area contributed by atoms with Crippen LogP contribution in [0.2, 0.25) is 0 Å². The molecule has 164 valence electrons. The minimum absolute atomic E-state index is 0.0122. The fraction of sp³-hybridized carbons (Fsp3) is 0.333. The highest BCUT2D eigenvalue weighted by Gasteiger charge is 2.31. The summed E-state index contributed by atoms with van der Waals surface area (Å²) < 4.78 is 19.0. The highest BCUT2D eigenvalue weighted by Crippen LogP contribution is 2.31. The number of aromatic nitrogens is 2. The molecule has 1 aromatic heterocycles. The molecule has 8 heteroatoms. The molecule has 1 atom stereocenters. The summed E-state index contributed by atoms with van der Waals surface area (Å²) in [7, 11) is 0. The maximum atomic E-state index is 13.5. The topological polar surface area (TPSA) is 88.3 Å². The first-order valence-corrected chi connectivity index (χ1v) is 10.9. The molecule has 5 rings (SSSR count). The average molecular weight is 434 g/mol. The number of carbonyl (C=O) groups is 2. The minimum atomic E-state index is -0.362. The van der Waals surface area contributed by atoms with Crippen LogP contribution in [-0.2, 0) is 4.79 Å². The first-order chi connectivity index (χ1) is 15.6. The first kappa shape index (κ1) is 20.4. The molecule has 3 aromatic rings. The van der Waals surface area contributed by atoms with Gasteiger partial charge in [-0.3, -0.25) is 9.59 Å². The smallest absolute Gasteiger partial charge is 0.253 e. The Bertz CT molecular complexity index is 1160. The van der Waals surface area contributed by atoms with E-state index in [1.807, 2.05) is 0 Å². The Morgan fingerprint density at radius 3 is 2.75 bits per heavy atom. The highest BCUT2D eigenvalue weighted by molar-refractivity contribution is 5.98. The zero-order valence-electron chi connectivity index (χ0n) is 17.5. The van der Waals surface area contributed by atoms with E-state index in [9.17, 15) is 14.0 Å². The molecule has 1 unspecified atom stereocenters. The number of hydrogen-bond acceptors (Lipinski definition) is 5. The van der Waals surface area contributed by atoms with Gasteiger partial charge < -0.3 is 14.7 Å². The van der Waals surface area contributed by atoms with Crippen LogP contribution in [0, 0.1) is 11.7 Å². The number of anilines is 1. The van der Waals surface area contributed by atoms with E-state index in [2.05, 4.69) is 15.5 Å². The summed E-state index contributed by atoms with van der Waals surface area (Å²) in [5.74, 6) is 0.359. The Hall–Kier alpha value is -3.55. The normalized spacial score (nSPS) is 18.4. The van der Waals surface area contributed by atoms with Crippen molar-refractivity contribution in [3.63, 3.8) is 0 Å². The van der Waals surface area contributed by atoms with Crippen LogP contribution in [0.4, 0.5) is 10.1 Å². The molecule has 7 nitrogen and oxygen atoms in total. The van der Waals surface area contributed by atoms with E-state index in [1.165, 1.54) is 12.1 Å². The largest absolute Gasteiger partial charge is 0.339 e. The SMILES string of the molecule is O=C(Nc1cccc(C(=O)N2CCCC(c3nc(-c4cccc(F)c4)no3)C2)c1)C1CC1. The monoisotopic (exact) mass is 434 g/mol. The molecule has 0 spiro atoms. The Kier molecular flexibility index (Phi) is 5.43. The van der Waals surface area contributed by atoms with Crippen molar-refractivity contribution in [2.75, 3.05) is 18.4 Å². The van der Waals surface area contributed by atoms with E-state index in [1.54, 1.807) is 41.3 Å². The van der Waals surface area contributed by atoms with Gasteiger partial charge in [0.2, 0.25) is 17.6 Å². The number of carbonyl (C=O) groups excluding carboxylic acids is 2. The summed E-state index contributed by atoms with van der Waals surface area (Å²) in [6, 6.07) is 13.1. The molecule has 1 aliphatic carbocycles. The second-order valence-corrected chi connectivity index (χ2v) is 8.40. The van der Waals surface area contributed by atoms with Crippen LogP contribution in [0.15, 0.2) is 53.1 Å². The van der Waals surface area contributed by atoms with Gasteiger partial charge in [-0.1, -0.05) is 23.4 Å². The van der Waals surface area contributed by atoms with Gasteiger partial charge in [0.25, 0.3) is 5.91 Å². The number of hydrogen-bond donors (Lipinski definition) is 1. The van der Waals surface area contributed by atoms with Gasteiger partial charge in [-0.05, 0) is 56.0 Å². The fourth-order valence-corrected chi connectivity index (χ4v) is 4.01. The molecule has 1 N–H and O–H groups in total. The third kappa shape index (κ3) is 4.39. The van der Waals surface area contributed by atoms with Crippen molar-refractivity contribution in [3.8, 4) is 11.4 Å². The van der Waals surface area contributed by atoms with Gasteiger partial charge in [-0.25, -0.2) is 4.39 Å². The van der Waals surface area contributed by atoms with Crippen molar-refractivity contribution >= 4 is 17.5 Å². The maximum Gasteiger partial charge on any atom is 0.253 e. The van der Waals surface area contributed by atoms with E-state index in [-0.39, 0.29) is 29.5 Å². The molecule has 1 saturated carbocycles. The van der Waals surface area contributed by atoms with Gasteiger partial charge in [0.1, 0.15) is 5.82 Å². The van der Waals surface area contributed by atoms with Gasteiger partial charge in [0.15, 0.2) is 0 Å². The number of piperidine rings is 1. The molecule has 32 heavy (non-hydrogen) atoms. The number of rotatable bonds is 5. The van der Waals surface area contributed by atoms with Gasteiger partial charge >= 0.3 is 0 Å². The third-order valence-electron chi connectivity index (χ3n) is 5.91. The van der Waals surface area contributed by atoms with Crippen LogP contribution in [0.25, 0.3) is 11.4 Å². The lowest BCUT2D eigenvalue weighted by atomic mass is 9.97. The molecule has 1 aliphatic heterocycles. The van der Waals surface area contributed by atoms with Crippen molar-refractivity contribution < 1.29 is 18.5 Å². The lowest BCUT2D eigenvalue weighted by Gasteiger charge is -2.31. The summed E-state index contributed by atoms with van der Waals surface area (Å²) >= 11 is 0. The predicted molar refractivity (Wildman–Crippen MR) is 115 cm³/mol. The molecule has 0 radical (unpaired) electrons. The molecule has 2 aliphatic rings. The molecule has 2 aromatic carbocycles. The van der Waals surface area contributed by atoms with E-state index in [0.29, 0.717) is 41.6 Å². The van der Waals surface area contributed by atoms with Crippen LogP contribution >= 0.6 is 0 Å². The summed E-state index contributed by atoms with van der Waals surface area (Å²) in [5, 5.41) is 6.88. The Morgan fingerprint density at radius 2 is 1.94 bits per heavy atom. The molecular weight excluding hydrogens is 411 g/mol. The molecule has 0 bridgehead atoms. The summed E-state index contributed by atoms with van der Waals surface area (Å²) in [6.07, 6.45) is 3.49. The molecular formula is C24H23FN4O3. The van der Waals surface area contributed by atoms with Crippen LogP contribution in [0.3, 0.4) is 0 Å². The van der Waals surface area contributed by atoms with Crippen LogP contribution in [0.5, 0.6) is 0 Å².